The van der Waals surface area contributed by atoms with Gasteiger partial charge in [-0.1, -0.05) is 40.7 Å². The van der Waals surface area contributed by atoms with Crippen LogP contribution in [0.2, 0.25) is 18.1 Å². The smallest absolute Gasteiger partial charge is 0.192 e. The van der Waals surface area contributed by atoms with Gasteiger partial charge < -0.3 is 4.43 Å². The van der Waals surface area contributed by atoms with E-state index in [-0.39, 0.29) is 5.04 Å². The van der Waals surface area contributed by atoms with Gasteiger partial charge in [0.2, 0.25) is 0 Å². The molecule has 4 rings (SSSR count). The van der Waals surface area contributed by atoms with Crippen molar-refractivity contribution >= 4 is 14.1 Å². The molecule has 4 aliphatic rings. The fourth-order valence-electron chi connectivity index (χ4n) is 8.35. The highest BCUT2D eigenvalue weighted by atomic mass is 28.4. The minimum absolute atomic E-state index is 0.268. The Bertz CT molecular complexity index is 721. The normalized spacial score (nSPS) is 45.6. The van der Waals surface area contributed by atoms with Gasteiger partial charge in [0.25, 0.3) is 0 Å². The molecule has 0 aromatic rings. The molecule has 0 N–H and O–H groups in total. The second kappa shape index (κ2) is 7.83. The van der Waals surface area contributed by atoms with Crippen molar-refractivity contribution in [1.29, 1.82) is 0 Å². The van der Waals surface area contributed by atoms with E-state index in [1.807, 2.05) is 0 Å². The van der Waals surface area contributed by atoms with Crippen LogP contribution in [0.3, 0.4) is 0 Å². The Morgan fingerprint density at radius 3 is 2.42 bits per heavy atom. The van der Waals surface area contributed by atoms with Crippen LogP contribution in [0.1, 0.15) is 92.4 Å². The van der Waals surface area contributed by atoms with Gasteiger partial charge in [0.05, 0.1) is 6.10 Å². The van der Waals surface area contributed by atoms with Crippen LogP contribution in [0.25, 0.3) is 0 Å². The molecule has 0 amide bonds. The summed E-state index contributed by atoms with van der Waals surface area (Å²) in [5.41, 5.74) is 0.694. The average Bonchev–Trinajstić information content (AvgIpc) is 2.98. The molecule has 0 aromatic carbocycles. The fraction of sp³-hybridized carbons (Fsp3) is 0.893. The molecule has 176 valence electrons. The molecule has 0 heterocycles. The van der Waals surface area contributed by atoms with Crippen LogP contribution in [0.15, 0.2) is 12.7 Å². The Morgan fingerprint density at radius 2 is 1.77 bits per heavy atom. The van der Waals surface area contributed by atoms with Gasteiger partial charge in [-0.15, -0.1) is 6.58 Å². The Morgan fingerprint density at radius 1 is 1.10 bits per heavy atom. The lowest BCUT2D eigenvalue weighted by molar-refractivity contribution is -0.154. The summed E-state index contributed by atoms with van der Waals surface area (Å²) in [6.45, 7) is 21.3. The van der Waals surface area contributed by atoms with Crippen LogP contribution in [0.5, 0.6) is 0 Å². The summed E-state index contributed by atoms with van der Waals surface area (Å²) in [5.74, 6) is 4.19. The molecular formula is C28H48O2Si. The van der Waals surface area contributed by atoms with Crippen LogP contribution in [0, 0.1) is 40.4 Å². The molecule has 31 heavy (non-hydrogen) atoms. The molecule has 4 saturated carbocycles. The van der Waals surface area contributed by atoms with E-state index in [2.05, 4.69) is 60.4 Å². The predicted octanol–water partition coefficient (Wildman–Crippen LogP) is 7.79. The van der Waals surface area contributed by atoms with Gasteiger partial charge in [0.15, 0.2) is 8.32 Å². The molecule has 0 radical (unpaired) electrons. The third-order valence-electron chi connectivity index (χ3n) is 11.3. The Labute approximate surface area is 193 Å². The monoisotopic (exact) mass is 444 g/mol. The lowest BCUT2D eigenvalue weighted by Crippen LogP contribution is -2.58. The van der Waals surface area contributed by atoms with E-state index in [4.69, 9.17) is 4.43 Å². The van der Waals surface area contributed by atoms with E-state index in [9.17, 15) is 4.79 Å². The second-order valence-electron chi connectivity index (χ2n) is 13.7. The van der Waals surface area contributed by atoms with E-state index >= 15 is 0 Å². The number of carbonyl (C=O) groups excluding carboxylic acids is 1. The zero-order valence-electron chi connectivity index (χ0n) is 21.4. The quantitative estimate of drug-likeness (QED) is 0.327. The largest absolute Gasteiger partial charge is 0.413 e. The van der Waals surface area contributed by atoms with Gasteiger partial charge in [0, 0.05) is 12.8 Å². The molecule has 0 saturated heterocycles. The van der Waals surface area contributed by atoms with Crippen LogP contribution in [-0.2, 0) is 9.22 Å². The maximum atomic E-state index is 12.3. The molecule has 0 aliphatic heterocycles. The molecule has 3 unspecified atom stereocenters. The first kappa shape index (κ1) is 23.7. The van der Waals surface area contributed by atoms with Crippen LogP contribution >= 0.6 is 0 Å². The van der Waals surface area contributed by atoms with Crippen molar-refractivity contribution in [3.8, 4) is 0 Å². The fourth-order valence-corrected chi connectivity index (χ4v) is 9.81. The van der Waals surface area contributed by atoms with Gasteiger partial charge in [-0.05, 0) is 103 Å². The van der Waals surface area contributed by atoms with E-state index in [1.165, 1.54) is 32.1 Å². The highest BCUT2D eigenvalue weighted by Crippen LogP contribution is 2.68. The lowest BCUT2D eigenvalue weighted by atomic mass is 9.42. The zero-order valence-corrected chi connectivity index (χ0v) is 22.4. The van der Waals surface area contributed by atoms with Crippen molar-refractivity contribution in [2.75, 3.05) is 0 Å². The second-order valence-corrected chi connectivity index (χ2v) is 18.5. The third-order valence-corrected chi connectivity index (χ3v) is 15.8. The number of rotatable bonds is 4. The Balaban J connectivity index is 1.63. The van der Waals surface area contributed by atoms with Gasteiger partial charge in [0.1, 0.15) is 5.78 Å². The summed E-state index contributed by atoms with van der Waals surface area (Å²) in [5, 5.41) is 0.268. The van der Waals surface area contributed by atoms with E-state index < -0.39 is 8.32 Å². The van der Waals surface area contributed by atoms with E-state index in [1.54, 1.807) is 0 Å². The highest BCUT2D eigenvalue weighted by molar-refractivity contribution is 6.74. The summed E-state index contributed by atoms with van der Waals surface area (Å²) in [6, 6.07) is 0. The number of hydrogen-bond acceptors (Lipinski definition) is 2. The number of Topliss-reactive ketones (excluding diaryl/α,β-unsaturated/α-hetero) is 1. The number of carbonyl (C=O) groups is 1. The van der Waals surface area contributed by atoms with Gasteiger partial charge in [-0.2, -0.15) is 0 Å². The standard InChI is InChI=1S/C28H48O2Si/c1-9-10-19-17-20-18-21(29)13-15-27(20,5)23-14-16-28(6)22(25(19)23)11-12-24(28)30-31(7,8)26(2,3)4/h9,19-20,22-25H,1,10-18H2,2-8H3/t19?,20?,22-,23+,24?,25-,27-,28-/m0/s1. The van der Waals surface area contributed by atoms with Gasteiger partial charge >= 0.3 is 0 Å². The molecule has 0 aromatic heterocycles. The van der Waals surface area contributed by atoms with Crippen molar-refractivity contribution in [1.82, 2.24) is 0 Å². The van der Waals surface area contributed by atoms with Crippen molar-refractivity contribution in [3.05, 3.63) is 12.7 Å². The number of allylic oxidation sites excluding steroid dienone is 1. The molecule has 8 atom stereocenters. The van der Waals surface area contributed by atoms with Crippen molar-refractivity contribution in [2.45, 2.75) is 117 Å². The van der Waals surface area contributed by atoms with E-state index in [0.717, 1.165) is 43.4 Å². The van der Waals surface area contributed by atoms with Crippen molar-refractivity contribution in [3.63, 3.8) is 0 Å². The van der Waals surface area contributed by atoms with Crippen molar-refractivity contribution < 1.29 is 9.22 Å². The molecule has 0 spiro atoms. The van der Waals surface area contributed by atoms with Gasteiger partial charge in [-0.25, -0.2) is 0 Å². The highest BCUT2D eigenvalue weighted by Gasteiger charge is 2.63. The number of ketones is 1. The average molecular weight is 445 g/mol. The first-order chi connectivity index (χ1) is 14.3. The minimum atomic E-state index is -1.77. The van der Waals surface area contributed by atoms with Gasteiger partial charge in [-0.3, -0.25) is 4.79 Å². The summed E-state index contributed by atoms with van der Waals surface area (Å²) in [4.78, 5) is 12.3. The van der Waals surface area contributed by atoms with Crippen LogP contribution in [-0.4, -0.2) is 20.2 Å². The van der Waals surface area contributed by atoms with Crippen LogP contribution < -0.4 is 0 Å². The minimum Gasteiger partial charge on any atom is -0.413 e. The van der Waals surface area contributed by atoms with Crippen LogP contribution in [0.4, 0.5) is 0 Å². The maximum Gasteiger partial charge on any atom is 0.192 e. The van der Waals surface area contributed by atoms with Crippen molar-refractivity contribution in [2.24, 2.45) is 40.4 Å². The topological polar surface area (TPSA) is 26.3 Å². The number of fused-ring (bicyclic) bond motifs is 5. The summed E-state index contributed by atoms with van der Waals surface area (Å²) < 4.78 is 7.13. The summed E-state index contributed by atoms with van der Waals surface area (Å²) in [6.07, 6.45) is 13.0. The Hall–Kier alpha value is -0.413. The maximum absolute atomic E-state index is 12.3. The molecule has 4 fully saturated rings. The predicted molar refractivity (Wildman–Crippen MR) is 132 cm³/mol. The zero-order chi connectivity index (χ0) is 22.8. The summed E-state index contributed by atoms with van der Waals surface area (Å²) >= 11 is 0. The summed E-state index contributed by atoms with van der Waals surface area (Å²) in [7, 11) is -1.77. The number of hydrogen-bond donors (Lipinski definition) is 0. The molecule has 0 bridgehead atoms. The SMILES string of the molecule is C=CCC1CC2CC(=O)CC[C@]2(C)[C@@H]2CC[C@]3(C)C(O[Si](C)(C)C(C)(C)C)CC[C@H]3[C@H]12. The first-order valence-electron chi connectivity index (χ1n) is 13.1. The molecule has 4 aliphatic carbocycles. The first-order valence-corrected chi connectivity index (χ1v) is 16.0. The third kappa shape index (κ3) is 3.74. The Kier molecular flexibility index (Phi) is 5.99. The molecular weight excluding hydrogens is 396 g/mol. The van der Waals surface area contributed by atoms with E-state index in [0.29, 0.717) is 34.6 Å². The molecule has 3 heteroatoms. The molecule has 2 nitrogen and oxygen atoms in total. The lowest BCUT2D eigenvalue weighted by Gasteiger charge is -2.62.